The molecular weight excluding hydrogens is 542 g/mol. The zero-order chi connectivity index (χ0) is 28.4. The summed E-state index contributed by atoms with van der Waals surface area (Å²) in [5.74, 6) is -1.81. The number of thiazole rings is 2. The number of esters is 1. The van der Waals surface area contributed by atoms with Crippen LogP contribution in [-0.4, -0.2) is 53.1 Å². The van der Waals surface area contributed by atoms with Gasteiger partial charge in [0.25, 0.3) is 5.91 Å². The number of carbonyl (C=O) groups is 3. The van der Waals surface area contributed by atoms with Gasteiger partial charge in [0, 0.05) is 0 Å². The number of carbonyl (C=O) groups excluding carboxylic acids is 3. The molecule has 39 heavy (non-hydrogen) atoms. The Bertz CT molecular complexity index is 1500. The van der Waals surface area contributed by atoms with Crippen LogP contribution in [0.1, 0.15) is 54.3 Å². The average molecular weight is 570 g/mol. The van der Waals surface area contributed by atoms with E-state index in [9.17, 15) is 19.5 Å². The molecule has 0 radical (unpaired) electrons. The number of Topliss-reactive ketones (excluding diaryl/α,β-unsaturated/α-hetero) is 1. The van der Waals surface area contributed by atoms with Gasteiger partial charge in [-0.25, -0.2) is 14.8 Å². The highest BCUT2D eigenvalue weighted by molar-refractivity contribution is 7.17. The summed E-state index contributed by atoms with van der Waals surface area (Å²) in [6.07, 6.45) is 1.44. The van der Waals surface area contributed by atoms with Crippen LogP contribution < -0.4 is 14.4 Å². The predicted molar refractivity (Wildman–Crippen MR) is 147 cm³/mol. The highest BCUT2D eigenvalue weighted by Crippen LogP contribution is 2.46. The highest BCUT2D eigenvalue weighted by atomic mass is 32.1. The number of ketones is 1. The highest BCUT2D eigenvalue weighted by Gasteiger charge is 2.47. The molecule has 1 atom stereocenters. The molecule has 0 fully saturated rings. The predicted octanol–water partition coefficient (Wildman–Crippen LogP) is 5.06. The summed E-state index contributed by atoms with van der Waals surface area (Å²) in [6, 6.07) is 3.94. The Labute approximate surface area is 233 Å². The second kappa shape index (κ2) is 11.4. The van der Waals surface area contributed by atoms with Crippen LogP contribution in [0.25, 0.3) is 0 Å². The Hall–Kier alpha value is -4.03. The first-order valence-corrected chi connectivity index (χ1v) is 13.6. The second-order valence-corrected chi connectivity index (χ2v) is 10.6. The van der Waals surface area contributed by atoms with Crippen molar-refractivity contribution in [3.63, 3.8) is 0 Å². The van der Waals surface area contributed by atoms with Gasteiger partial charge in [-0.05, 0) is 45.4 Å². The van der Waals surface area contributed by atoms with Crippen LogP contribution in [0.3, 0.4) is 0 Å². The molecule has 3 aromatic rings. The molecule has 3 heterocycles. The first kappa shape index (κ1) is 28.0. The summed E-state index contributed by atoms with van der Waals surface area (Å²) in [5, 5.41) is 11.9. The third-order valence-electron chi connectivity index (χ3n) is 5.87. The Morgan fingerprint density at radius 1 is 1.13 bits per heavy atom. The van der Waals surface area contributed by atoms with Crippen LogP contribution in [0.2, 0.25) is 0 Å². The summed E-state index contributed by atoms with van der Waals surface area (Å²) in [7, 11) is 1.48. The maximum atomic E-state index is 13.8. The Morgan fingerprint density at radius 2 is 1.85 bits per heavy atom. The number of amides is 1. The van der Waals surface area contributed by atoms with E-state index in [2.05, 4.69) is 16.5 Å². The summed E-state index contributed by atoms with van der Waals surface area (Å²) in [5.41, 5.74) is 1.18. The maximum Gasteiger partial charge on any atom is 0.350 e. The van der Waals surface area contributed by atoms with E-state index in [0.717, 1.165) is 11.3 Å². The summed E-state index contributed by atoms with van der Waals surface area (Å²) in [4.78, 5) is 50.5. The number of rotatable bonds is 10. The lowest BCUT2D eigenvalue weighted by atomic mass is 9.95. The van der Waals surface area contributed by atoms with Crippen molar-refractivity contribution in [3.05, 3.63) is 73.9 Å². The first-order valence-electron chi connectivity index (χ1n) is 11.9. The van der Waals surface area contributed by atoms with Gasteiger partial charge in [0.1, 0.15) is 11.5 Å². The number of ether oxygens (including phenoxy) is 3. The number of anilines is 1. The van der Waals surface area contributed by atoms with Crippen LogP contribution in [0, 0.1) is 20.8 Å². The molecule has 1 aliphatic heterocycles. The Balaban J connectivity index is 1.88. The molecule has 0 spiro atoms. The summed E-state index contributed by atoms with van der Waals surface area (Å²) >= 11 is 2.11. The van der Waals surface area contributed by atoms with Crippen molar-refractivity contribution in [2.45, 2.75) is 33.7 Å². The molecule has 1 amide bonds. The Kier molecular flexibility index (Phi) is 8.17. The van der Waals surface area contributed by atoms with Gasteiger partial charge in [0.2, 0.25) is 5.78 Å². The molecule has 10 nitrogen and oxygen atoms in total. The van der Waals surface area contributed by atoms with Crippen molar-refractivity contribution in [2.24, 2.45) is 0 Å². The van der Waals surface area contributed by atoms with Crippen LogP contribution in [0.15, 0.2) is 42.2 Å². The molecule has 0 bridgehead atoms. The van der Waals surface area contributed by atoms with Gasteiger partial charge in [-0.15, -0.1) is 11.3 Å². The monoisotopic (exact) mass is 569 g/mol. The van der Waals surface area contributed by atoms with E-state index in [1.165, 1.54) is 29.4 Å². The number of benzene rings is 1. The molecule has 0 aliphatic carbocycles. The number of nitrogens with zero attached hydrogens (tertiary/aromatic N) is 3. The van der Waals surface area contributed by atoms with Crippen LogP contribution in [-0.2, 0) is 9.53 Å². The van der Waals surface area contributed by atoms with E-state index < -0.39 is 29.5 Å². The standard InChI is InChI=1S/C27H27N3O7S2/c1-7-11-37-26(34)24-14(4)29-27(39-24)30-20(16-9-10-17(36-8-2)18(12-16)35-6)19(22(32)25(30)33)21(31)23-13(3)28-15(5)38-23/h7,9-10,12,20,32H,1,8,11H2,2-6H3. The van der Waals surface area contributed by atoms with Crippen LogP contribution >= 0.6 is 22.7 Å². The Morgan fingerprint density at radius 3 is 2.46 bits per heavy atom. The smallest absolute Gasteiger partial charge is 0.350 e. The molecule has 12 heteroatoms. The minimum absolute atomic E-state index is 0.0113. The lowest BCUT2D eigenvalue weighted by Crippen LogP contribution is -2.31. The van der Waals surface area contributed by atoms with Crippen molar-refractivity contribution in [1.82, 2.24) is 9.97 Å². The van der Waals surface area contributed by atoms with Crippen LogP contribution in [0.4, 0.5) is 5.13 Å². The fourth-order valence-corrected chi connectivity index (χ4v) is 6.08. The third-order valence-corrected chi connectivity index (χ3v) is 8.08. The van der Waals surface area contributed by atoms with Gasteiger partial charge in [0.15, 0.2) is 22.4 Å². The van der Waals surface area contributed by atoms with E-state index in [0.29, 0.717) is 44.9 Å². The number of aryl methyl sites for hydroxylation is 3. The van der Waals surface area contributed by atoms with Gasteiger partial charge in [-0.3, -0.25) is 14.5 Å². The molecule has 0 saturated heterocycles. The largest absolute Gasteiger partial charge is 0.503 e. The SMILES string of the molecule is C=CCOC(=O)c1sc(N2C(=O)C(O)=C(C(=O)c3sc(C)nc3C)C2c2ccc(OCC)c(OC)c2)nc1C. The maximum absolute atomic E-state index is 13.8. The first-order chi connectivity index (χ1) is 18.6. The normalized spacial score (nSPS) is 15.1. The molecule has 204 valence electrons. The molecular formula is C27H27N3O7S2. The molecule has 4 rings (SSSR count). The van der Waals surface area contributed by atoms with E-state index in [1.807, 2.05) is 6.92 Å². The van der Waals surface area contributed by atoms with Gasteiger partial charge in [-0.2, -0.15) is 0 Å². The fraction of sp³-hybridized carbons (Fsp3) is 0.296. The molecule has 0 saturated carbocycles. The third kappa shape index (κ3) is 5.17. The van der Waals surface area contributed by atoms with E-state index in [4.69, 9.17) is 14.2 Å². The van der Waals surface area contributed by atoms with Crippen molar-refractivity contribution in [1.29, 1.82) is 0 Å². The lowest BCUT2D eigenvalue weighted by molar-refractivity contribution is -0.117. The topological polar surface area (TPSA) is 128 Å². The minimum Gasteiger partial charge on any atom is -0.503 e. The van der Waals surface area contributed by atoms with Gasteiger partial charge in [-0.1, -0.05) is 30.1 Å². The summed E-state index contributed by atoms with van der Waals surface area (Å²) in [6.45, 7) is 10.9. The number of methoxy groups -OCH3 is 1. The van der Waals surface area contributed by atoms with E-state index >= 15 is 0 Å². The van der Waals surface area contributed by atoms with Crippen molar-refractivity contribution in [2.75, 3.05) is 25.2 Å². The number of aromatic nitrogens is 2. The zero-order valence-electron chi connectivity index (χ0n) is 22.1. The average Bonchev–Trinajstić information content (AvgIpc) is 3.54. The van der Waals surface area contributed by atoms with Crippen molar-refractivity contribution >= 4 is 45.5 Å². The van der Waals surface area contributed by atoms with Gasteiger partial charge < -0.3 is 19.3 Å². The minimum atomic E-state index is -1.07. The van der Waals surface area contributed by atoms with Crippen molar-refractivity contribution < 1.29 is 33.7 Å². The van der Waals surface area contributed by atoms with E-state index in [-0.39, 0.29) is 22.2 Å². The summed E-state index contributed by atoms with van der Waals surface area (Å²) < 4.78 is 16.3. The number of aliphatic hydroxyl groups excluding tert-OH is 1. The number of hydrogen-bond donors (Lipinski definition) is 1. The molecule has 1 aliphatic rings. The molecule has 1 N–H and O–H groups in total. The quantitative estimate of drug-likeness (QED) is 0.202. The number of aliphatic hydroxyl groups is 1. The molecule has 1 unspecified atom stereocenters. The second-order valence-electron chi connectivity index (χ2n) is 8.46. The van der Waals surface area contributed by atoms with Gasteiger partial charge >= 0.3 is 5.97 Å². The van der Waals surface area contributed by atoms with E-state index in [1.54, 1.807) is 39.0 Å². The van der Waals surface area contributed by atoms with Gasteiger partial charge in [0.05, 0.1) is 46.6 Å². The zero-order valence-corrected chi connectivity index (χ0v) is 23.7. The van der Waals surface area contributed by atoms with Crippen molar-refractivity contribution in [3.8, 4) is 11.5 Å². The fourth-order valence-electron chi connectivity index (χ4n) is 4.22. The molecule has 2 aromatic heterocycles. The number of hydrogen-bond acceptors (Lipinski definition) is 11. The lowest BCUT2D eigenvalue weighted by Gasteiger charge is -2.25. The molecule has 1 aromatic carbocycles. The van der Waals surface area contributed by atoms with Crippen LogP contribution in [0.5, 0.6) is 11.5 Å².